The van der Waals surface area contributed by atoms with Gasteiger partial charge in [0.2, 0.25) is 5.91 Å². The van der Waals surface area contributed by atoms with E-state index in [9.17, 15) is 9.59 Å². The molecule has 3 rings (SSSR count). The maximum Gasteiger partial charge on any atom is 0.409 e. The first-order chi connectivity index (χ1) is 11.1. The van der Waals surface area contributed by atoms with Crippen molar-refractivity contribution in [3.05, 3.63) is 36.1 Å². The van der Waals surface area contributed by atoms with Gasteiger partial charge in [0.15, 0.2) is 0 Å². The molecule has 1 saturated heterocycles. The lowest BCUT2D eigenvalue weighted by Gasteiger charge is -2.17. The zero-order valence-corrected chi connectivity index (χ0v) is 13.2. The number of fused-ring (bicyclic) bond motifs is 1. The lowest BCUT2D eigenvalue weighted by atomic mass is 10.1. The Morgan fingerprint density at radius 1 is 1.39 bits per heavy atom. The summed E-state index contributed by atoms with van der Waals surface area (Å²) in [6, 6.07) is 9.53. The van der Waals surface area contributed by atoms with Gasteiger partial charge in [0, 0.05) is 24.5 Å². The number of carbonyl (C=O) groups is 2. The number of methoxy groups -OCH3 is 1. The molecule has 1 aliphatic rings. The molecule has 2 atom stereocenters. The van der Waals surface area contributed by atoms with E-state index in [-0.39, 0.29) is 24.0 Å². The second kappa shape index (κ2) is 6.32. The van der Waals surface area contributed by atoms with E-state index in [0.29, 0.717) is 18.8 Å². The smallest absolute Gasteiger partial charge is 0.409 e. The zero-order chi connectivity index (χ0) is 16.4. The van der Waals surface area contributed by atoms with E-state index in [4.69, 9.17) is 9.15 Å². The molecule has 2 amide bonds. The van der Waals surface area contributed by atoms with E-state index in [1.807, 2.05) is 37.3 Å². The van der Waals surface area contributed by atoms with Crippen LogP contribution in [0.1, 0.15) is 25.0 Å². The van der Waals surface area contributed by atoms with E-state index in [0.717, 1.165) is 17.4 Å². The summed E-state index contributed by atoms with van der Waals surface area (Å²) in [6.45, 7) is 2.89. The van der Waals surface area contributed by atoms with Gasteiger partial charge in [0.1, 0.15) is 11.3 Å². The van der Waals surface area contributed by atoms with Crippen LogP contribution >= 0.6 is 0 Å². The Balaban J connectivity index is 1.63. The summed E-state index contributed by atoms with van der Waals surface area (Å²) < 4.78 is 10.4. The van der Waals surface area contributed by atoms with Crippen LogP contribution < -0.4 is 5.32 Å². The monoisotopic (exact) mass is 316 g/mol. The first kappa shape index (κ1) is 15.4. The van der Waals surface area contributed by atoms with Crippen LogP contribution in [0, 0.1) is 0 Å². The molecule has 6 nitrogen and oxygen atoms in total. The molecule has 0 radical (unpaired) electrons. The number of ether oxygens (including phenoxy) is 1. The number of hydrogen-bond donors (Lipinski definition) is 1. The molecule has 2 aromatic rings. The number of nitrogens with zero attached hydrogens (tertiary/aromatic N) is 1. The molecule has 0 saturated carbocycles. The van der Waals surface area contributed by atoms with Gasteiger partial charge < -0.3 is 19.4 Å². The lowest BCUT2D eigenvalue weighted by Crippen LogP contribution is -2.40. The van der Waals surface area contributed by atoms with Crippen LogP contribution in [0.15, 0.2) is 34.7 Å². The fraction of sp³-hybridized carbons (Fsp3) is 0.412. The van der Waals surface area contributed by atoms with Gasteiger partial charge in [-0.3, -0.25) is 4.79 Å². The largest absolute Gasteiger partial charge is 0.460 e. The molecule has 0 bridgehead atoms. The van der Waals surface area contributed by atoms with Crippen molar-refractivity contribution < 1.29 is 18.7 Å². The van der Waals surface area contributed by atoms with Crippen molar-refractivity contribution in [3.8, 4) is 0 Å². The van der Waals surface area contributed by atoms with Crippen LogP contribution in [0.3, 0.4) is 0 Å². The summed E-state index contributed by atoms with van der Waals surface area (Å²) in [5, 5.41) is 3.97. The van der Waals surface area contributed by atoms with E-state index in [1.165, 1.54) is 7.11 Å². The Hall–Kier alpha value is -2.50. The SMILES string of the molecule is COC(=O)N1CC[C@@H](NC(=O)[C@@H](C)c2cc3ccccc3o2)C1. The van der Waals surface area contributed by atoms with Crippen molar-refractivity contribution in [2.75, 3.05) is 20.2 Å². The second-order valence-corrected chi connectivity index (χ2v) is 5.82. The average Bonchev–Trinajstić information content (AvgIpc) is 3.19. The first-order valence-corrected chi connectivity index (χ1v) is 7.70. The minimum atomic E-state index is -0.380. The first-order valence-electron chi connectivity index (χ1n) is 7.70. The molecule has 6 heteroatoms. The molecule has 0 unspecified atom stereocenters. The molecule has 122 valence electrons. The second-order valence-electron chi connectivity index (χ2n) is 5.82. The predicted molar refractivity (Wildman–Crippen MR) is 85.2 cm³/mol. The third-order valence-electron chi connectivity index (χ3n) is 4.23. The van der Waals surface area contributed by atoms with Gasteiger partial charge >= 0.3 is 6.09 Å². The van der Waals surface area contributed by atoms with Gasteiger partial charge in [0.25, 0.3) is 0 Å². The fourth-order valence-corrected chi connectivity index (χ4v) is 2.84. The van der Waals surface area contributed by atoms with Gasteiger partial charge in [-0.1, -0.05) is 18.2 Å². The molecule has 0 spiro atoms. The average molecular weight is 316 g/mol. The number of furan rings is 1. The molecule has 23 heavy (non-hydrogen) atoms. The van der Waals surface area contributed by atoms with Crippen LogP contribution in [0.25, 0.3) is 11.0 Å². The Morgan fingerprint density at radius 2 is 2.17 bits per heavy atom. The quantitative estimate of drug-likeness (QED) is 0.944. The molecule has 0 aliphatic carbocycles. The molecule has 1 N–H and O–H groups in total. The number of rotatable bonds is 3. The number of likely N-dealkylation sites (tertiary alicyclic amines) is 1. The zero-order valence-electron chi connectivity index (χ0n) is 13.2. The number of nitrogens with one attached hydrogen (secondary N) is 1. The van der Waals surface area contributed by atoms with E-state index < -0.39 is 0 Å². The molecule has 2 heterocycles. The maximum atomic E-state index is 12.4. The summed E-state index contributed by atoms with van der Waals surface area (Å²) in [4.78, 5) is 25.5. The van der Waals surface area contributed by atoms with Gasteiger partial charge in [-0.05, 0) is 25.5 Å². The van der Waals surface area contributed by atoms with Crippen LogP contribution in [0.4, 0.5) is 4.79 Å². The van der Waals surface area contributed by atoms with Crippen molar-refractivity contribution >= 4 is 23.0 Å². The van der Waals surface area contributed by atoms with Crippen molar-refractivity contribution in [2.45, 2.75) is 25.3 Å². The van der Waals surface area contributed by atoms with Crippen LogP contribution in [-0.4, -0.2) is 43.1 Å². The van der Waals surface area contributed by atoms with Crippen molar-refractivity contribution in [2.24, 2.45) is 0 Å². The van der Waals surface area contributed by atoms with Crippen molar-refractivity contribution in [1.29, 1.82) is 0 Å². The highest BCUT2D eigenvalue weighted by atomic mass is 16.5. The highest BCUT2D eigenvalue weighted by molar-refractivity contribution is 5.85. The number of para-hydroxylation sites is 1. The summed E-state index contributed by atoms with van der Waals surface area (Å²) in [6.07, 6.45) is 0.375. The van der Waals surface area contributed by atoms with Gasteiger partial charge in [-0.15, -0.1) is 0 Å². The molecular formula is C17H20N2O4. The Kier molecular flexibility index (Phi) is 4.23. The lowest BCUT2D eigenvalue weighted by molar-refractivity contribution is -0.123. The standard InChI is InChI=1S/C17H20N2O4/c1-11(15-9-12-5-3-4-6-14(12)23-15)16(20)18-13-7-8-19(10-13)17(21)22-2/h3-6,9,11,13H,7-8,10H2,1-2H3,(H,18,20)/t11-,13+/m0/s1. The highest BCUT2D eigenvalue weighted by Gasteiger charge is 2.29. The Morgan fingerprint density at radius 3 is 2.91 bits per heavy atom. The highest BCUT2D eigenvalue weighted by Crippen LogP contribution is 2.25. The van der Waals surface area contributed by atoms with Crippen molar-refractivity contribution in [1.82, 2.24) is 10.2 Å². The summed E-state index contributed by atoms with van der Waals surface area (Å²) in [7, 11) is 1.36. The third kappa shape index (κ3) is 3.16. The number of benzene rings is 1. The van der Waals surface area contributed by atoms with Gasteiger partial charge in [-0.25, -0.2) is 4.79 Å². The maximum absolute atomic E-state index is 12.4. The molecule has 1 aromatic heterocycles. The van der Waals surface area contributed by atoms with Gasteiger partial charge in [0.05, 0.1) is 13.0 Å². The Bertz CT molecular complexity index is 691. The van der Waals surface area contributed by atoms with Crippen LogP contribution in [0.5, 0.6) is 0 Å². The molecule has 1 aliphatic heterocycles. The number of hydrogen-bond acceptors (Lipinski definition) is 4. The molecular weight excluding hydrogens is 296 g/mol. The fourth-order valence-electron chi connectivity index (χ4n) is 2.84. The van der Waals surface area contributed by atoms with E-state index >= 15 is 0 Å². The van der Waals surface area contributed by atoms with Crippen molar-refractivity contribution in [3.63, 3.8) is 0 Å². The third-order valence-corrected chi connectivity index (χ3v) is 4.23. The summed E-state index contributed by atoms with van der Waals surface area (Å²) in [5.74, 6) is 0.168. The minimum Gasteiger partial charge on any atom is -0.460 e. The summed E-state index contributed by atoms with van der Waals surface area (Å²) >= 11 is 0. The van der Waals surface area contributed by atoms with Crippen LogP contribution in [0.2, 0.25) is 0 Å². The van der Waals surface area contributed by atoms with Crippen LogP contribution in [-0.2, 0) is 9.53 Å². The van der Waals surface area contributed by atoms with Gasteiger partial charge in [-0.2, -0.15) is 0 Å². The number of carbonyl (C=O) groups excluding carboxylic acids is 2. The number of amides is 2. The molecule has 1 fully saturated rings. The predicted octanol–water partition coefficient (Wildman–Crippen LogP) is 2.49. The van der Waals surface area contributed by atoms with E-state index in [1.54, 1.807) is 4.90 Å². The van der Waals surface area contributed by atoms with E-state index in [2.05, 4.69) is 5.32 Å². The summed E-state index contributed by atoms with van der Waals surface area (Å²) in [5.41, 5.74) is 0.778. The normalized spacial score (nSPS) is 18.9. The Labute approximate surface area is 134 Å². The minimum absolute atomic E-state index is 0.0478. The topological polar surface area (TPSA) is 71.8 Å². The molecule has 1 aromatic carbocycles.